The van der Waals surface area contributed by atoms with Crippen molar-refractivity contribution >= 4 is 17.6 Å². The summed E-state index contributed by atoms with van der Waals surface area (Å²) < 4.78 is 0. The van der Waals surface area contributed by atoms with Gasteiger partial charge in [0.05, 0.1) is 5.69 Å². The molecule has 2 aromatic rings. The highest BCUT2D eigenvalue weighted by Crippen LogP contribution is 2.22. The molecule has 2 rings (SSSR count). The fourth-order valence-corrected chi connectivity index (χ4v) is 2.09. The number of rotatable bonds is 4. The first-order valence-electron chi connectivity index (χ1n) is 4.96. The van der Waals surface area contributed by atoms with Crippen molar-refractivity contribution in [3.8, 4) is 10.6 Å². The molecule has 5 heteroatoms. The van der Waals surface area contributed by atoms with Crippen LogP contribution >= 0.6 is 11.3 Å². The maximum absolute atomic E-state index is 10.2. The maximum atomic E-state index is 10.2. The third-order valence-corrected chi connectivity index (χ3v) is 3.04. The van der Waals surface area contributed by atoms with Crippen LogP contribution < -0.4 is 0 Å². The third-order valence-electron chi connectivity index (χ3n) is 2.10. The van der Waals surface area contributed by atoms with Gasteiger partial charge < -0.3 is 4.79 Å². The average Bonchev–Trinajstić information content (AvgIpc) is 2.76. The second kappa shape index (κ2) is 4.94. The number of aldehydes is 1. The molecule has 0 aliphatic heterocycles. The van der Waals surface area contributed by atoms with E-state index in [1.165, 1.54) is 0 Å². The number of thiazole rings is 1. The molecule has 16 heavy (non-hydrogen) atoms. The quantitative estimate of drug-likeness (QED) is 0.758. The fraction of sp³-hybridized carbons (Fsp3) is 0.273. The highest BCUT2D eigenvalue weighted by atomic mass is 32.1. The summed E-state index contributed by atoms with van der Waals surface area (Å²) in [5.74, 6) is 0.751. The smallest absolute Gasteiger partial charge is 0.126 e. The van der Waals surface area contributed by atoms with Crippen molar-refractivity contribution in [3.63, 3.8) is 0 Å². The Hall–Kier alpha value is -1.62. The van der Waals surface area contributed by atoms with Gasteiger partial charge in [0.15, 0.2) is 0 Å². The van der Waals surface area contributed by atoms with Crippen molar-refractivity contribution in [2.45, 2.75) is 19.8 Å². The summed E-state index contributed by atoms with van der Waals surface area (Å²) in [5, 5.41) is 2.87. The van der Waals surface area contributed by atoms with Gasteiger partial charge in [-0.05, 0) is 13.3 Å². The molecular weight excluding hydrogens is 222 g/mol. The lowest BCUT2D eigenvalue weighted by Crippen LogP contribution is -1.89. The van der Waals surface area contributed by atoms with Crippen molar-refractivity contribution in [1.82, 2.24) is 15.0 Å². The normalized spacial score (nSPS) is 10.3. The Morgan fingerprint density at radius 1 is 1.38 bits per heavy atom. The molecule has 0 aliphatic rings. The second-order valence-corrected chi connectivity index (χ2v) is 4.23. The molecule has 0 N–H and O–H groups in total. The van der Waals surface area contributed by atoms with Gasteiger partial charge in [-0.25, -0.2) is 15.0 Å². The summed E-state index contributed by atoms with van der Waals surface area (Å²) in [6.45, 7) is 1.85. The van der Waals surface area contributed by atoms with E-state index in [2.05, 4.69) is 15.0 Å². The maximum Gasteiger partial charge on any atom is 0.126 e. The van der Waals surface area contributed by atoms with E-state index in [4.69, 9.17) is 0 Å². The number of nitrogens with zero attached hydrogens (tertiary/aromatic N) is 3. The lowest BCUT2D eigenvalue weighted by Gasteiger charge is -1.95. The zero-order chi connectivity index (χ0) is 11.4. The van der Waals surface area contributed by atoms with Crippen molar-refractivity contribution < 1.29 is 4.79 Å². The van der Waals surface area contributed by atoms with Crippen LogP contribution in [0.3, 0.4) is 0 Å². The van der Waals surface area contributed by atoms with E-state index in [0.29, 0.717) is 12.8 Å². The highest BCUT2D eigenvalue weighted by Gasteiger charge is 2.05. The van der Waals surface area contributed by atoms with E-state index in [-0.39, 0.29) is 0 Å². The first kappa shape index (κ1) is 10.9. The molecule has 0 saturated heterocycles. The molecule has 0 fully saturated rings. The van der Waals surface area contributed by atoms with E-state index in [1.54, 1.807) is 23.7 Å². The predicted octanol–water partition coefficient (Wildman–Crippen LogP) is 2.04. The number of aryl methyl sites for hydroxylation is 2. The van der Waals surface area contributed by atoms with E-state index in [0.717, 1.165) is 28.4 Å². The molecule has 0 aliphatic carbocycles. The van der Waals surface area contributed by atoms with Crippen LogP contribution in [-0.2, 0) is 11.2 Å². The zero-order valence-electron chi connectivity index (χ0n) is 8.88. The van der Waals surface area contributed by atoms with Crippen LogP contribution in [0.1, 0.15) is 17.9 Å². The molecular formula is C11H11N3OS. The lowest BCUT2D eigenvalue weighted by molar-refractivity contribution is -0.107. The minimum absolute atomic E-state index is 0.521. The summed E-state index contributed by atoms with van der Waals surface area (Å²) in [7, 11) is 0. The van der Waals surface area contributed by atoms with Crippen molar-refractivity contribution in [3.05, 3.63) is 29.3 Å². The van der Waals surface area contributed by atoms with E-state index in [9.17, 15) is 4.79 Å². The Morgan fingerprint density at radius 2 is 2.12 bits per heavy atom. The summed E-state index contributed by atoms with van der Waals surface area (Å²) in [6, 6.07) is 0. The monoisotopic (exact) mass is 233 g/mol. The van der Waals surface area contributed by atoms with Gasteiger partial charge in [-0.1, -0.05) is 0 Å². The number of hydrogen-bond donors (Lipinski definition) is 0. The molecule has 0 saturated carbocycles. The lowest BCUT2D eigenvalue weighted by atomic mass is 10.3. The van der Waals surface area contributed by atoms with Crippen LogP contribution in [0.5, 0.6) is 0 Å². The Kier molecular flexibility index (Phi) is 3.36. The average molecular weight is 233 g/mol. The second-order valence-electron chi connectivity index (χ2n) is 3.37. The Balaban J connectivity index is 2.17. The summed E-state index contributed by atoms with van der Waals surface area (Å²) >= 11 is 1.55. The Morgan fingerprint density at radius 3 is 2.81 bits per heavy atom. The van der Waals surface area contributed by atoms with Gasteiger partial charge >= 0.3 is 0 Å². The van der Waals surface area contributed by atoms with Gasteiger partial charge in [0.1, 0.15) is 17.1 Å². The Labute approximate surface area is 97.4 Å². The van der Waals surface area contributed by atoms with Crippen LogP contribution in [0, 0.1) is 6.92 Å². The zero-order valence-corrected chi connectivity index (χ0v) is 9.70. The minimum Gasteiger partial charge on any atom is -0.303 e. The summed E-state index contributed by atoms with van der Waals surface area (Å²) in [5.41, 5.74) is 1.88. The van der Waals surface area contributed by atoms with Crippen LogP contribution in [0.4, 0.5) is 0 Å². The van der Waals surface area contributed by atoms with Crippen molar-refractivity contribution in [1.29, 1.82) is 0 Å². The van der Waals surface area contributed by atoms with Gasteiger partial charge in [-0.2, -0.15) is 0 Å². The molecule has 0 unspecified atom stereocenters. The number of carbonyl (C=O) groups is 1. The van der Waals surface area contributed by atoms with Gasteiger partial charge in [0.2, 0.25) is 0 Å². The van der Waals surface area contributed by atoms with Crippen LogP contribution in [0.15, 0.2) is 17.8 Å². The first-order chi connectivity index (χ1) is 7.79. The molecule has 4 nitrogen and oxygen atoms in total. The molecule has 0 atom stereocenters. The molecule has 2 heterocycles. The summed E-state index contributed by atoms with van der Waals surface area (Å²) in [6.07, 6.45) is 5.67. The molecule has 0 amide bonds. The predicted molar refractivity (Wildman–Crippen MR) is 62.3 cm³/mol. The molecule has 0 spiro atoms. The topological polar surface area (TPSA) is 55.7 Å². The standard InChI is InChI=1S/C11H11N3OS/c1-8-12-5-9(6-13-8)11-14-10(7-16-11)3-2-4-15/h4-7H,2-3H2,1H3. The van der Waals surface area contributed by atoms with E-state index in [1.807, 2.05) is 12.3 Å². The van der Waals surface area contributed by atoms with Crippen molar-refractivity contribution in [2.24, 2.45) is 0 Å². The van der Waals surface area contributed by atoms with Crippen molar-refractivity contribution in [2.75, 3.05) is 0 Å². The number of carbonyl (C=O) groups excluding carboxylic acids is 1. The van der Waals surface area contributed by atoms with Crippen LogP contribution in [-0.4, -0.2) is 21.2 Å². The Bertz CT molecular complexity index is 478. The van der Waals surface area contributed by atoms with Crippen LogP contribution in [0.25, 0.3) is 10.6 Å². The highest BCUT2D eigenvalue weighted by molar-refractivity contribution is 7.13. The minimum atomic E-state index is 0.521. The van der Waals surface area contributed by atoms with Gasteiger partial charge in [0.25, 0.3) is 0 Å². The van der Waals surface area contributed by atoms with E-state index < -0.39 is 0 Å². The van der Waals surface area contributed by atoms with Crippen LogP contribution in [0.2, 0.25) is 0 Å². The molecule has 2 aromatic heterocycles. The third kappa shape index (κ3) is 2.49. The van der Waals surface area contributed by atoms with Gasteiger partial charge in [0, 0.05) is 29.8 Å². The first-order valence-corrected chi connectivity index (χ1v) is 5.84. The molecule has 0 bridgehead atoms. The molecule has 0 aromatic carbocycles. The largest absolute Gasteiger partial charge is 0.303 e. The number of hydrogen-bond acceptors (Lipinski definition) is 5. The van der Waals surface area contributed by atoms with Gasteiger partial charge in [-0.3, -0.25) is 0 Å². The van der Waals surface area contributed by atoms with E-state index >= 15 is 0 Å². The molecule has 82 valence electrons. The SMILES string of the molecule is Cc1ncc(-c2nc(CCC=O)cs2)cn1. The molecule has 0 radical (unpaired) electrons. The van der Waals surface area contributed by atoms with Gasteiger partial charge in [-0.15, -0.1) is 11.3 Å². The number of aromatic nitrogens is 3. The summed E-state index contributed by atoms with van der Waals surface area (Å²) in [4.78, 5) is 22.9. The fourth-order valence-electron chi connectivity index (χ4n) is 1.26.